The highest BCUT2D eigenvalue weighted by Gasteiger charge is 2.24. The fourth-order valence-electron chi connectivity index (χ4n) is 3.75. The summed E-state index contributed by atoms with van der Waals surface area (Å²) in [5.41, 5.74) is 1.97. The van der Waals surface area contributed by atoms with Crippen molar-refractivity contribution in [1.82, 2.24) is 20.0 Å². The van der Waals surface area contributed by atoms with Gasteiger partial charge in [-0.15, -0.1) is 5.10 Å². The van der Waals surface area contributed by atoms with Crippen molar-refractivity contribution >= 4 is 16.9 Å². The summed E-state index contributed by atoms with van der Waals surface area (Å²) in [6.45, 7) is 0.117. The number of carboxylic acid groups (broad SMARTS) is 1. The zero-order valence-corrected chi connectivity index (χ0v) is 18.5. The summed E-state index contributed by atoms with van der Waals surface area (Å²) in [6.07, 6.45) is 3.16. The standard InChI is InChI=1S/C23H22N4O6/c1-30-17-6-5-13(9-18(17)31-2)21-14-10-19(32-3)20(33-4)11-15(14)25-16(22(21)23(28)29)12-27-8-7-24-26-27/h5-11H,12H2,1-4H3,(H,28,29). The highest BCUT2D eigenvalue weighted by molar-refractivity contribution is 6.08. The Hall–Kier alpha value is -4.34. The van der Waals surface area contributed by atoms with E-state index >= 15 is 0 Å². The lowest BCUT2D eigenvalue weighted by atomic mass is 9.93. The van der Waals surface area contributed by atoms with Gasteiger partial charge in [0.1, 0.15) is 0 Å². The SMILES string of the molecule is COc1ccc(-c2c(C(=O)O)c(Cn3ccnn3)nc3cc(OC)c(OC)cc23)cc1OC. The molecule has 0 saturated heterocycles. The molecule has 0 fully saturated rings. The number of hydrogen-bond acceptors (Lipinski definition) is 8. The molecule has 0 amide bonds. The van der Waals surface area contributed by atoms with E-state index in [1.54, 1.807) is 36.5 Å². The van der Waals surface area contributed by atoms with Crippen molar-refractivity contribution < 1.29 is 28.8 Å². The molecule has 4 rings (SSSR count). The molecule has 0 aliphatic heterocycles. The van der Waals surface area contributed by atoms with E-state index in [-0.39, 0.29) is 12.1 Å². The van der Waals surface area contributed by atoms with Crippen LogP contribution in [0, 0.1) is 0 Å². The molecule has 0 bridgehead atoms. The van der Waals surface area contributed by atoms with Crippen LogP contribution in [0.5, 0.6) is 23.0 Å². The van der Waals surface area contributed by atoms with Crippen molar-refractivity contribution in [1.29, 1.82) is 0 Å². The highest BCUT2D eigenvalue weighted by Crippen LogP contribution is 2.41. The number of ether oxygens (including phenoxy) is 4. The molecule has 0 spiro atoms. The van der Waals surface area contributed by atoms with Crippen LogP contribution in [0.25, 0.3) is 22.0 Å². The second-order valence-electron chi connectivity index (χ2n) is 7.01. The van der Waals surface area contributed by atoms with Crippen molar-refractivity contribution in [3.8, 4) is 34.1 Å². The van der Waals surface area contributed by atoms with Crippen LogP contribution >= 0.6 is 0 Å². The Labute approximate surface area is 189 Å². The zero-order chi connectivity index (χ0) is 23.5. The summed E-state index contributed by atoms with van der Waals surface area (Å²) < 4.78 is 23.2. The summed E-state index contributed by atoms with van der Waals surface area (Å²) in [7, 11) is 6.11. The van der Waals surface area contributed by atoms with Crippen molar-refractivity contribution in [2.75, 3.05) is 28.4 Å². The molecule has 0 aliphatic carbocycles. The number of methoxy groups -OCH3 is 4. The van der Waals surface area contributed by atoms with Gasteiger partial charge in [0.25, 0.3) is 0 Å². The molecule has 10 nitrogen and oxygen atoms in total. The van der Waals surface area contributed by atoms with E-state index in [2.05, 4.69) is 15.3 Å². The summed E-state index contributed by atoms with van der Waals surface area (Å²) in [5, 5.41) is 18.6. The molecule has 1 N–H and O–H groups in total. The molecule has 2 aromatic heterocycles. The Morgan fingerprint density at radius 2 is 1.61 bits per heavy atom. The van der Waals surface area contributed by atoms with Gasteiger partial charge in [-0.3, -0.25) is 0 Å². The van der Waals surface area contributed by atoms with Gasteiger partial charge in [-0.25, -0.2) is 14.5 Å². The predicted molar refractivity (Wildman–Crippen MR) is 119 cm³/mol. The smallest absolute Gasteiger partial charge is 0.338 e. The molecule has 0 saturated carbocycles. The Balaban J connectivity index is 2.10. The monoisotopic (exact) mass is 450 g/mol. The van der Waals surface area contributed by atoms with Crippen LogP contribution in [0.15, 0.2) is 42.7 Å². The Morgan fingerprint density at radius 1 is 0.939 bits per heavy atom. The predicted octanol–water partition coefficient (Wildman–Crippen LogP) is 3.27. The molecule has 33 heavy (non-hydrogen) atoms. The number of carboxylic acids is 1. The lowest BCUT2D eigenvalue weighted by molar-refractivity contribution is 0.0696. The van der Waals surface area contributed by atoms with Crippen LogP contribution < -0.4 is 18.9 Å². The Morgan fingerprint density at radius 3 is 2.21 bits per heavy atom. The van der Waals surface area contributed by atoms with Gasteiger partial charge in [0.15, 0.2) is 23.0 Å². The van der Waals surface area contributed by atoms with Crippen molar-refractivity contribution in [3.05, 3.63) is 54.0 Å². The third-order valence-corrected chi connectivity index (χ3v) is 5.23. The maximum atomic E-state index is 12.5. The quantitative estimate of drug-likeness (QED) is 0.431. The average Bonchev–Trinajstić information content (AvgIpc) is 3.34. The fourth-order valence-corrected chi connectivity index (χ4v) is 3.75. The highest BCUT2D eigenvalue weighted by atomic mass is 16.5. The van der Waals surface area contributed by atoms with Crippen molar-refractivity contribution in [2.45, 2.75) is 6.54 Å². The number of benzene rings is 2. The van der Waals surface area contributed by atoms with E-state index in [9.17, 15) is 9.90 Å². The first-order valence-corrected chi connectivity index (χ1v) is 9.89. The van der Waals surface area contributed by atoms with Gasteiger partial charge in [0.05, 0.1) is 58.0 Å². The maximum Gasteiger partial charge on any atom is 0.338 e. The minimum Gasteiger partial charge on any atom is -0.493 e. The molecular formula is C23H22N4O6. The number of fused-ring (bicyclic) bond motifs is 1. The fraction of sp³-hybridized carbons (Fsp3) is 0.217. The van der Waals surface area contributed by atoms with Gasteiger partial charge >= 0.3 is 5.97 Å². The first-order valence-electron chi connectivity index (χ1n) is 9.89. The lowest BCUT2D eigenvalue weighted by Gasteiger charge is -2.18. The Bertz CT molecular complexity index is 1320. The minimum atomic E-state index is -1.13. The summed E-state index contributed by atoms with van der Waals surface area (Å²) >= 11 is 0. The van der Waals surface area contributed by atoms with Crippen LogP contribution in [0.3, 0.4) is 0 Å². The van der Waals surface area contributed by atoms with Crippen LogP contribution in [0.4, 0.5) is 0 Å². The maximum absolute atomic E-state index is 12.5. The molecule has 2 heterocycles. The van der Waals surface area contributed by atoms with E-state index in [4.69, 9.17) is 18.9 Å². The lowest BCUT2D eigenvalue weighted by Crippen LogP contribution is -2.13. The number of nitrogens with zero attached hydrogens (tertiary/aromatic N) is 4. The summed E-state index contributed by atoms with van der Waals surface area (Å²) in [6, 6.07) is 8.67. The van der Waals surface area contributed by atoms with Crippen molar-refractivity contribution in [3.63, 3.8) is 0 Å². The molecule has 0 radical (unpaired) electrons. The summed E-state index contributed by atoms with van der Waals surface area (Å²) in [4.78, 5) is 17.2. The third kappa shape index (κ3) is 3.98. The van der Waals surface area contributed by atoms with Crippen molar-refractivity contribution in [2.24, 2.45) is 0 Å². The van der Waals surface area contributed by atoms with Gasteiger partial charge in [-0.2, -0.15) is 0 Å². The molecule has 170 valence electrons. The largest absolute Gasteiger partial charge is 0.493 e. The number of hydrogen-bond donors (Lipinski definition) is 1. The van der Waals surface area contributed by atoms with Gasteiger partial charge < -0.3 is 24.1 Å². The first kappa shape index (κ1) is 21.9. The van der Waals surface area contributed by atoms with Gasteiger partial charge in [0.2, 0.25) is 0 Å². The van der Waals surface area contributed by atoms with Crippen LogP contribution in [0.1, 0.15) is 16.1 Å². The number of aromatic nitrogens is 4. The second kappa shape index (κ2) is 9.03. The molecule has 10 heteroatoms. The normalized spacial score (nSPS) is 10.8. The number of carbonyl (C=O) groups is 1. The van der Waals surface area contributed by atoms with Gasteiger partial charge in [-0.05, 0) is 23.8 Å². The van der Waals surface area contributed by atoms with E-state index in [0.717, 1.165) is 0 Å². The average molecular weight is 450 g/mol. The minimum absolute atomic E-state index is 0.0393. The first-order chi connectivity index (χ1) is 16.0. The summed E-state index contributed by atoms with van der Waals surface area (Å²) in [5.74, 6) is 0.798. The van der Waals surface area contributed by atoms with E-state index < -0.39 is 5.97 Å². The van der Waals surface area contributed by atoms with E-state index in [1.165, 1.54) is 39.3 Å². The molecule has 0 unspecified atom stereocenters. The van der Waals surface area contributed by atoms with Gasteiger partial charge in [-0.1, -0.05) is 11.3 Å². The molecule has 4 aromatic rings. The van der Waals surface area contributed by atoms with Crippen LogP contribution in [-0.4, -0.2) is 59.5 Å². The molecule has 2 aromatic carbocycles. The number of pyridine rings is 1. The second-order valence-corrected chi connectivity index (χ2v) is 7.01. The van der Waals surface area contributed by atoms with Crippen LogP contribution in [0.2, 0.25) is 0 Å². The van der Waals surface area contributed by atoms with E-state index in [0.29, 0.717) is 50.7 Å². The molecular weight excluding hydrogens is 428 g/mol. The molecule has 0 atom stereocenters. The molecule has 0 aliphatic rings. The van der Waals surface area contributed by atoms with E-state index in [1.807, 2.05) is 0 Å². The number of aromatic carboxylic acids is 1. The van der Waals surface area contributed by atoms with Gasteiger partial charge in [0, 0.05) is 23.2 Å². The zero-order valence-electron chi connectivity index (χ0n) is 18.5. The van der Waals surface area contributed by atoms with Crippen LogP contribution in [-0.2, 0) is 6.54 Å². The Kier molecular flexibility index (Phi) is 5.99. The third-order valence-electron chi connectivity index (χ3n) is 5.23. The topological polar surface area (TPSA) is 118 Å². The number of rotatable bonds is 8.